The molecule has 0 atom stereocenters. The molecule has 1 saturated carbocycles. The molecule has 2 rings (SSSR count). The van der Waals surface area contributed by atoms with Crippen molar-refractivity contribution >= 4 is 0 Å². The first kappa shape index (κ1) is 9.34. The maximum absolute atomic E-state index is 9.57. The molecule has 0 aliphatic heterocycles. The van der Waals surface area contributed by atoms with Crippen molar-refractivity contribution in [2.24, 2.45) is 0 Å². The number of aromatic hydroxyl groups is 1. The number of aliphatic hydroxyl groups excluding tert-OH is 1. The van der Waals surface area contributed by atoms with E-state index in [2.05, 4.69) is 0 Å². The number of phenols is 1. The minimum absolute atomic E-state index is 0.0935. The second-order valence-electron chi connectivity index (χ2n) is 3.83. The predicted octanol–water partition coefficient (Wildman–Crippen LogP) is 1.42. The molecule has 1 aliphatic rings. The number of hydrogen-bond donors (Lipinski definition) is 2. The van der Waals surface area contributed by atoms with Crippen molar-refractivity contribution in [3.8, 4) is 11.5 Å². The highest BCUT2D eigenvalue weighted by Gasteiger charge is 2.43. The number of benzene rings is 1. The molecule has 76 valence electrons. The topological polar surface area (TPSA) is 49.7 Å². The number of rotatable bonds is 3. The smallest absolute Gasteiger partial charge is 0.160 e. The van der Waals surface area contributed by atoms with Gasteiger partial charge >= 0.3 is 0 Å². The van der Waals surface area contributed by atoms with Crippen molar-refractivity contribution in [3.63, 3.8) is 0 Å². The summed E-state index contributed by atoms with van der Waals surface area (Å²) in [6, 6.07) is 5.32. The van der Waals surface area contributed by atoms with E-state index in [0.29, 0.717) is 5.75 Å². The van der Waals surface area contributed by atoms with E-state index in [-0.39, 0.29) is 17.8 Å². The van der Waals surface area contributed by atoms with Gasteiger partial charge in [-0.3, -0.25) is 0 Å². The zero-order valence-corrected chi connectivity index (χ0v) is 8.16. The van der Waals surface area contributed by atoms with Gasteiger partial charge in [0.15, 0.2) is 11.5 Å². The largest absolute Gasteiger partial charge is 0.504 e. The molecule has 0 aromatic heterocycles. The van der Waals surface area contributed by atoms with Gasteiger partial charge in [-0.05, 0) is 30.5 Å². The van der Waals surface area contributed by atoms with Gasteiger partial charge in [-0.2, -0.15) is 0 Å². The molecule has 1 fully saturated rings. The molecule has 3 heteroatoms. The van der Waals surface area contributed by atoms with Crippen LogP contribution in [0.4, 0.5) is 0 Å². The molecule has 1 aliphatic carbocycles. The van der Waals surface area contributed by atoms with Crippen LogP contribution in [0.15, 0.2) is 18.2 Å². The van der Waals surface area contributed by atoms with Gasteiger partial charge in [0.05, 0.1) is 13.7 Å². The molecule has 14 heavy (non-hydrogen) atoms. The van der Waals surface area contributed by atoms with Crippen LogP contribution in [0, 0.1) is 0 Å². The highest BCUT2D eigenvalue weighted by Crippen LogP contribution is 2.49. The van der Waals surface area contributed by atoms with Crippen molar-refractivity contribution in [2.45, 2.75) is 18.3 Å². The molecule has 0 bridgehead atoms. The monoisotopic (exact) mass is 194 g/mol. The average molecular weight is 194 g/mol. The third-order valence-electron chi connectivity index (χ3n) is 2.95. The van der Waals surface area contributed by atoms with Crippen LogP contribution in [-0.2, 0) is 5.41 Å². The van der Waals surface area contributed by atoms with Gasteiger partial charge in [0.2, 0.25) is 0 Å². The Morgan fingerprint density at radius 2 is 2.14 bits per heavy atom. The molecule has 3 nitrogen and oxygen atoms in total. The molecule has 0 radical (unpaired) electrons. The first-order chi connectivity index (χ1) is 6.72. The standard InChI is InChI=1S/C11H14O3/c1-14-10-3-2-8(6-9(10)13)11(7-12)4-5-11/h2-3,6,12-13H,4-5,7H2,1H3. The molecular formula is C11H14O3. The van der Waals surface area contributed by atoms with Crippen molar-refractivity contribution in [1.29, 1.82) is 0 Å². The molecule has 0 saturated heterocycles. The predicted molar refractivity (Wildman–Crippen MR) is 52.7 cm³/mol. The van der Waals surface area contributed by atoms with Crippen LogP contribution in [0.2, 0.25) is 0 Å². The fourth-order valence-electron chi connectivity index (χ4n) is 1.71. The average Bonchev–Trinajstić information content (AvgIpc) is 2.98. The molecule has 0 spiro atoms. The summed E-state index contributed by atoms with van der Waals surface area (Å²) in [5.74, 6) is 0.618. The van der Waals surface area contributed by atoms with E-state index in [9.17, 15) is 10.2 Å². The van der Waals surface area contributed by atoms with Gasteiger partial charge in [-0.25, -0.2) is 0 Å². The van der Waals surface area contributed by atoms with Gasteiger partial charge in [0.25, 0.3) is 0 Å². The minimum atomic E-state index is -0.0935. The third-order valence-corrected chi connectivity index (χ3v) is 2.95. The fourth-order valence-corrected chi connectivity index (χ4v) is 1.71. The Balaban J connectivity index is 2.33. The number of hydrogen-bond acceptors (Lipinski definition) is 3. The first-order valence-corrected chi connectivity index (χ1v) is 4.70. The zero-order valence-electron chi connectivity index (χ0n) is 8.16. The van der Waals surface area contributed by atoms with E-state index in [0.717, 1.165) is 18.4 Å². The van der Waals surface area contributed by atoms with Gasteiger partial charge in [0, 0.05) is 5.41 Å². The Bertz CT molecular complexity index is 342. The number of aliphatic hydroxyl groups is 1. The van der Waals surface area contributed by atoms with Crippen LogP contribution in [0.1, 0.15) is 18.4 Å². The van der Waals surface area contributed by atoms with Crippen LogP contribution in [0.3, 0.4) is 0 Å². The fraction of sp³-hybridized carbons (Fsp3) is 0.455. The Hall–Kier alpha value is -1.22. The van der Waals surface area contributed by atoms with Crippen molar-refractivity contribution in [1.82, 2.24) is 0 Å². The molecule has 0 amide bonds. The summed E-state index contributed by atoms with van der Waals surface area (Å²) in [7, 11) is 1.52. The second kappa shape index (κ2) is 3.17. The van der Waals surface area contributed by atoms with E-state index >= 15 is 0 Å². The summed E-state index contributed by atoms with van der Waals surface area (Å²) >= 11 is 0. The van der Waals surface area contributed by atoms with Crippen LogP contribution < -0.4 is 4.74 Å². The lowest BCUT2D eigenvalue weighted by Crippen LogP contribution is -2.11. The van der Waals surface area contributed by atoms with Gasteiger partial charge in [-0.15, -0.1) is 0 Å². The summed E-state index contributed by atoms with van der Waals surface area (Å²) in [5.41, 5.74) is 0.905. The van der Waals surface area contributed by atoms with Crippen molar-refractivity contribution < 1.29 is 14.9 Å². The highest BCUT2D eigenvalue weighted by molar-refractivity contribution is 5.45. The number of ether oxygens (including phenoxy) is 1. The quantitative estimate of drug-likeness (QED) is 0.765. The highest BCUT2D eigenvalue weighted by atomic mass is 16.5. The first-order valence-electron chi connectivity index (χ1n) is 4.70. The Morgan fingerprint density at radius 3 is 2.57 bits per heavy atom. The van der Waals surface area contributed by atoms with Crippen molar-refractivity contribution in [2.75, 3.05) is 13.7 Å². The lowest BCUT2D eigenvalue weighted by atomic mass is 9.97. The van der Waals surface area contributed by atoms with Gasteiger partial charge in [0.1, 0.15) is 0 Å². The number of methoxy groups -OCH3 is 1. The Kier molecular flexibility index (Phi) is 2.11. The maximum Gasteiger partial charge on any atom is 0.160 e. The van der Waals surface area contributed by atoms with E-state index in [4.69, 9.17) is 4.74 Å². The molecule has 0 heterocycles. The normalized spacial score (nSPS) is 17.9. The SMILES string of the molecule is COc1ccc(C2(CO)CC2)cc1O. The lowest BCUT2D eigenvalue weighted by molar-refractivity contribution is 0.254. The Morgan fingerprint density at radius 1 is 1.43 bits per heavy atom. The summed E-state index contributed by atoms with van der Waals surface area (Å²) in [6.45, 7) is 0.152. The molecule has 1 aromatic rings. The van der Waals surface area contributed by atoms with Crippen molar-refractivity contribution in [3.05, 3.63) is 23.8 Å². The third kappa shape index (κ3) is 1.34. The summed E-state index contributed by atoms with van der Waals surface area (Å²) in [6.07, 6.45) is 1.99. The van der Waals surface area contributed by atoms with E-state index in [1.165, 1.54) is 7.11 Å². The molecular weight excluding hydrogens is 180 g/mol. The van der Waals surface area contributed by atoms with Gasteiger partial charge in [-0.1, -0.05) is 6.07 Å². The minimum Gasteiger partial charge on any atom is -0.504 e. The molecule has 1 aromatic carbocycles. The van der Waals surface area contributed by atoms with E-state index < -0.39 is 0 Å². The maximum atomic E-state index is 9.57. The molecule has 2 N–H and O–H groups in total. The van der Waals surface area contributed by atoms with Crippen LogP contribution >= 0.6 is 0 Å². The van der Waals surface area contributed by atoms with E-state index in [1.807, 2.05) is 6.07 Å². The van der Waals surface area contributed by atoms with Crippen LogP contribution in [0.5, 0.6) is 11.5 Å². The lowest BCUT2D eigenvalue weighted by Gasteiger charge is -2.13. The van der Waals surface area contributed by atoms with Crippen LogP contribution in [0.25, 0.3) is 0 Å². The van der Waals surface area contributed by atoms with Crippen LogP contribution in [-0.4, -0.2) is 23.9 Å². The van der Waals surface area contributed by atoms with Gasteiger partial charge < -0.3 is 14.9 Å². The zero-order chi connectivity index (χ0) is 10.2. The summed E-state index contributed by atoms with van der Waals surface area (Å²) < 4.78 is 4.95. The number of phenolic OH excluding ortho intramolecular Hbond substituents is 1. The summed E-state index contributed by atoms with van der Waals surface area (Å²) in [4.78, 5) is 0. The second-order valence-corrected chi connectivity index (χ2v) is 3.83. The summed E-state index contributed by atoms with van der Waals surface area (Å²) in [5, 5.41) is 18.8. The van der Waals surface area contributed by atoms with E-state index in [1.54, 1.807) is 12.1 Å². The molecule has 0 unspecified atom stereocenters. The Labute approximate surface area is 83.0 Å².